The second kappa shape index (κ2) is 47.4. The summed E-state index contributed by atoms with van der Waals surface area (Å²) >= 11 is 0. The van der Waals surface area contributed by atoms with Crippen LogP contribution >= 0.6 is 7.91 Å². The largest absolute Gasteiger partial charge is 0.786 e. The lowest BCUT2D eigenvalue weighted by Crippen LogP contribution is -2.40. The highest BCUT2D eigenvalue weighted by atomic mass is 31.2. The first-order chi connectivity index (χ1) is 33.4. The SMILES string of the molecule is CCCCCCCCCCCCCCCCCC[N+]1(CCO)CC1CN(CCO)CCO.CCCCCCCCCCCCCCCCCC[N+]1(CCO)CC1CN(CCO)CCO.O=P([O-])([O-])F. The van der Waals surface area contributed by atoms with Crippen molar-refractivity contribution in [2.45, 2.75) is 231 Å². The summed E-state index contributed by atoms with van der Waals surface area (Å²) < 4.78 is 20.7. The Bertz CT molecular complexity index is 1040. The average molecular weight is 1010 g/mol. The molecule has 0 amide bonds. The molecule has 416 valence electrons. The lowest BCUT2D eigenvalue weighted by Gasteiger charge is -2.24. The molecule has 15 heteroatoms. The number of quaternary nitrogens is 2. The van der Waals surface area contributed by atoms with Crippen molar-refractivity contribution in [3.8, 4) is 0 Å². The molecule has 0 aromatic heterocycles. The Kier molecular flexibility index (Phi) is 47.2. The lowest BCUT2D eigenvalue weighted by atomic mass is 10.0. The van der Waals surface area contributed by atoms with E-state index in [1.165, 1.54) is 219 Å². The van der Waals surface area contributed by atoms with Crippen molar-refractivity contribution in [3.63, 3.8) is 0 Å². The molecule has 0 bridgehead atoms. The first kappa shape index (κ1) is 68.7. The van der Waals surface area contributed by atoms with E-state index < -0.39 is 7.91 Å². The third-order valence-corrected chi connectivity index (χ3v) is 15.0. The summed E-state index contributed by atoms with van der Waals surface area (Å²) in [5.74, 6) is 0. The molecule has 4 atom stereocenters. The van der Waals surface area contributed by atoms with Gasteiger partial charge in [0.25, 0.3) is 0 Å². The van der Waals surface area contributed by atoms with E-state index in [9.17, 15) is 34.8 Å². The molecule has 6 N–H and O–H groups in total. The highest BCUT2D eigenvalue weighted by Crippen LogP contribution is 2.33. The van der Waals surface area contributed by atoms with Crippen molar-refractivity contribution in [3.05, 3.63) is 0 Å². The van der Waals surface area contributed by atoms with E-state index in [0.29, 0.717) is 38.3 Å². The Balaban J connectivity index is 0.00000122. The maximum atomic E-state index is 10.1. The van der Waals surface area contributed by atoms with Gasteiger partial charge in [0.15, 0.2) is 12.1 Å². The fourth-order valence-electron chi connectivity index (χ4n) is 10.6. The summed E-state index contributed by atoms with van der Waals surface area (Å²) in [5.41, 5.74) is 0. The maximum absolute atomic E-state index is 10.1. The van der Waals surface area contributed by atoms with Gasteiger partial charge >= 0.3 is 0 Å². The normalized spacial score (nSPS) is 19.7. The summed E-state index contributed by atoms with van der Waals surface area (Å²) in [5, 5.41) is 55.9. The second-order valence-corrected chi connectivity index (χ2v) is 21.8. The van der Waals surface area contributed by atoms with Gasteiger partial charge in [-0.15, -0.1) is 0 Å². The molecule has 2 fully saturated rings. The number of halogens is 1. The number of aliphatic hydroxyl groups excluding tert-OH is 6. The lowest BCUT2D eigenvalue weighted by molar-refractivity contribution is -0.814. The van der Waals surface area contributed by atoms with Crippen molar-refractivity contribution in [2.24, 2.45) is 0 Å². The van der Waals surface area contributed by atoms with E-state index >= 15 is 0 Å². The molecule has 0 saturated carbocycles. The van der Waals surface area contributed by atoms with Crippen LogP contribution in [0.2, 0.25) is 0 Å². The van der Waals surface area contributed by atoms with E-state index in [1.54, 1.807) is 0 Å². The Hall–Kier alpha value is -0.320. The van der Waals surface area contributed by atoms with Crippen molar-refractivity contribution in [2.75, 3.05) is 118 Å². The molecule has 0 aromatic rings. The van der Waals surface area contributed by atoms with E-state index in [2.05, 4.69) is 23.6 Å². The van der Waals surface area contributed by atoms with Crippen LogP contribution in [0, 0.1) is 0 Å². The minimum absolute atomic E-state index is 0.145. The van der Waals surface area contributed by atoms with Crippen molar-refractivity contribution >= 4 is 7.91 Å². The molecule has 69 heavy (non-hydrogen) atoms. The molecule has 2 saturated heterocycles. The number of hydrogen-bond donors (Lipinski definition) is 6. The Labute approximate surface area is 424 Å². The summed E-state index contributed by atoms with van der Waals surface area (Å²) in [6.07, 6.45) is 44.8. The predicted octanol–water partition coefficient (Wildman–Crippen LogP) is 8.24. The van der Waals surface area contributed by atoms with Crippen LogP contribution in [0.25, 0.3) is 0 Å². The topological polar surface area (TPSA) is 191 Å². The zero-order chi connectivity index (χ0) is 51.2. The van der Waals surface area contributed by atoms with Gasteiger partial charge in [-0.1, -0.05) is 194 Å². The molecule has 2 rings (SSSR count). The summed E-state index contributed by atoms with van der Waals surface area (Å²) in [7, 11) is -5.64. The minimum Gasteiger partial charge on any atom is -0.786 e. The van der Waals surface area contributed by atoms with Crippen LogP contribution < -0.4 is 9.79 Å². The van der Waals surface area contributed by atoms with Crippen LogP contribution in [0.5, 0.6) is 0 Å². The fourth-order valence-corrected chi connectivity index (χ4v) is 10.6. The van der Waals surface area contributed by atoms with Crippen LogP contribution in [0.15, 0.2) is 0 Å². The van der Waals surface area contributed by atoms with Gasteiger partial charge in [-0.05, 0) is 25.7 Å². The predicted molar refractivity (Wildman–Crippen MR) is 281 cm³/mol. The van der Waals surface area contributed by atoms with Crippen LogP contribution in [-0.2, 0) is 4.57 Å². The molecule has 4 unspecified atom stereocenters. The molecule has 2 aliphatic heterocycles. The maximum Gasteiger partial charge on any atom is 0.152 e. The minimum atomic E-state index is -5.64. The smallest absolute Gasteiger partial charge is 0.152 e. The summed E-state index contributed by atoms with van der Waals surface area (Å²) in [4.78, 5) is 21.2. The van der Waals surface area contributed by atoms with Gasteiger partial charge in [0.2, 0.25) is 0 Å². The number of hydrogen-bond acceptors (Lipinski definition) is 11. The van der Waals surface area contributed by atoms with Crippen LogP contribution in [0.1, 0.15) is 219 Å². The Morgan fingerprint density at radius 1 is 0.391 bits per heavy atom. The highest BCUT2D eigenvalue weighted by molar-refractivity contribution is 7.42. The van der Waals surface area contributed by atoms with E-state index in [-0.39, 0.29) is 39.6 Å². The van der Waals surface area contributed by atoms with Gasteiger partial charge in [-0.3, -0.25) is 9.80 Å². The van der Waals surface area contributed by atoms with E-state index in [4.69, 9.17) is 14.4 Å². The molecule has 0 radical (unpaired) electrons. The Morgan fingerprint density at radius 3 is 0.783 bits per heavy atom. The zero-order valence-electron chi connectivity index (χ0n) is 45.0. The van der Waals surface area contributed by atoms with Crippen LogP contribution in [-0.4, -0.2) is 180 Å². The number of unbranched alkanes of at least 4 members (excludes halogenated alkanes) is 30. The highest BCUT2D eigenvalue weighted by Gasteiger charge is 2.54. The van der Waals surface area contributed by atoms with Crippen LogP contribution in [0.3, 0.4) is 0 Å². The molecular formula is C54H114FN4O9P. The van der Waals surface area contributed by atoms with Crippen molar-refractivity contribution < 1.29 is 58.2 Å². The molecule has 0 aliphatic carbocycles. The van der Waals surface area contributed by atoms with Gasteiger partial charge in [-0.2, -0.15) is 0 Å². The van der Waals surface area contributed by atoms with Crippen molar-refractivity contribution in [1.29, 1.82) is 0 Å². The quantitative estimate of drug-likeness (QED) is 0.0149. The average Bonchev–Trinajstić information content (AvgIpc) is 4.19. The number of rotatable bonds is 50. The van der Waals surface area contributed by atoms with E-state index in [1.807, 2.05) is 0 Å². The third-order valence-electron chi connectivity index (χ3n) is 15.0. The van der Waals surface area contributed by atoms with E-state index in [0.717, 1.165) is 48.2 Å². The van der Waals surface area contributed by atoms with Gasteiger partial charge in [0.05, 0.1) is 65.8 Å². The van der Waals surface area contributed by atoms with Gasteiger partial charge in [0.1, 0.15) is 34.1 Å². The van der Waals surface area contributed by atoms with Crippen molar-refractivity contribution in [1.82, 2.24) is 9.80 Å². The molecular weight excluding hydrogens is 899 g/mol. The second-order valence-electron chi connectivity index (χ2n) is 21.0. The molecule has 2 aliphatic rings. The first-order valence-corrected chi connectivity index (χ1v) is 30.4. The zero-order valence-corrected chi connectivity index (χ0v) is 45.9. The summed E-state index contributed by atoms with van der Waals surface area (Å²) in [6, 6.07) is 1.13. The molecule has 13 nitrogen and oxygen atoms in total. The van der Waals surface area contributed by atoms with Gasteiger partial charge in [-0.25, -0.2) is 4.20 Å². The van der Waals surface area contributed by atoms with Gasteiger partial charge in [0, 0.05) is 26.2 Å². The standard InChI is InChI=1S/2C27H57N2O3.FH2O3P/c2*1-2-3-4-5-6-7-8-9-10-11-12-13-14-15-16-17-20-29(21-24-32)26-27(29)25-28(18-22-30)19-23-31;1-5(2,3)4/h2*27,30-32H,2-26H2,1H3;(H2,2,3,4)/q2*+1;/p-2. The Morgan fingerprint density at radius 2 is 0.594 bits per heavy atom. The first-order valence-electron chi connectivity index (χ1n) is 29.0. The fraction of sp³-hybridized carbons (Fsp3) is 1.00. The molecule has 0 spiro atoms. The summed E-state index contributed by atoms with van der Waals surface area (Å²) in [6.45, 7) is 16.4. The molecule has 0 aromatic carbocycles. The number of aliphatic hydroxyl groups is 6. The monoisotopic (exact) mass is 1010 g/mol. The third kappa shape index (κ3) is 41.7. The van der Waals surface area contributed by atoms with Gasteiger partial charge < -0.3 is 54.0 Å². The van der Waals surface area contributed by atoms with Crippen LogP contribution in [0.4, 0.5) is 4.20 Å². The number of nitrogens with zero attached hydrogens (tertiary/aromatic N) is 4. The molecule has 2 heterocycles.